The molecule has 1 N–H and O–H groups in total. The van der Waals surface area contributed by atoms with Crippen molar-refractivity contribution in [3.05, 3.63) is 131 Å². The lowest BCUT2D eigenvalue weighted by atomic mass is 10.0. The molecule has 0 fully saturated rings. The van der Waals surface area contributed by atoms with Crippen molar-refractivity contribution >= 4 is 27.5 Å². The van der Waals surface area contributed by atoms with Gasteiger partial charge in [-0.25, -0.2) is 8.42 Å². The van der Waals surface area contributed by atoms with Gasteiger partial charge < -0.3 is 10.2 Å². The Morgan fingerprint density at radius 1 is 0.767 bits per heavy atom. The number of amides is 2. The van der Waals surface area contributed by atoms with Gasteiger partial charge in [-0.1, -0.05) is 91.9 Å². The highest BCUT2D eigenvalue weighted by atomic mass is 32.2. The number of carbonyl (C=O) groups is 2. The summed E-state index contributed by atoms with van der Waals surface area (Å²) in [4.78, 5) is 29.7. The summed E-state index contributed by atoms with van der Waals surface area (Å²) in [5.41, 5.74) is 4.03. The van der Waals surface area contributed by atoms with E-state index in [0.29, 0.717) is 12.2 Å². The second-order valence-electron chi connectivity index (χ2n) is 10.6. The summed E-state index contributed by atoms with van der Waals surface area (Å²) < 4.78 is 29.3. The molecule has 1 atom stereocenters. The quantitative estimate of drug-likeness (QED) is 0.215. The summed E-state index contributed by atoms with van der Waals surface area (Å²) in [6.07, 6.45) is 1.02. The van der Waals surface area contributed by atoms with Gasteiger partial charge in [0.2, 0.25) is 11.8 Å². The lowest BCUT2D eigenvalue weighted by molar-refractivity contribution is -0.140. The maximum Gasteiger partial charge on any atom is 0.264 e. The van der Waals surface area contributed by atoms with E-state index in [4.69, 9.17) is 0 Å². The van der Waals surface area contributed by atoms with E-state index in [1.807, 2.05) is 87.5 Å². The van der Waals surface area contributed by atoms with E-state index in [0.717, 1.165) is 33.0 Å². The molecule has 0 aliphatic heterocycles. The third-order valence-corrected chi connectivity index (χ3v) is 9.19. The number of aryl methyl sites for hydroxylation is 2. The molecule has 0 bridgehead atoms. The van der Waals surface area contributed by atoms with Gasteiger partial charge in [0.1, 0.15) is 12.6 Å². The molecule has 43 heavy (non-hydrogen) atoms. The number of rotatable bonds is 13. The van der Waals surface area contributed by atoms with Crippen molar-refractivity contribution < 1.29 is 18.0 Å². The van der Waals surface area contributed by atoms with E-state index < -0.39 is 28.5 Å². The molecule has 0 saturated heterocycles. The number of carbonyl (C=O) groups excluding carboxylic acids is 2. The van der Waals surface area contributed by atoms with Gasteiger partial charge in [0.25, 0.3) is 10.0 Å². The highest BCUT2D eigenvalue weighted by Crippen LogP contribution is 2.27. The van der Waals surface area contributed by atoms with E-state index in [1.54, 1.807) is 30.3 Å². The first kappa shape index (κ1) is 31.5. The summed E-state index contributed by atoms with van der Waals surface area (Å²) in [6.45, 7) is 5.96. The van der Waals surface area contributed by atoms with Crippen molar-refractivity contribution in [2.75, 3.05) is 17.4 Å². The van der Waals surface area contributed by atoms with Crippen LogP contribution >= 0.6 is 0 Å². The zero-order chi connectivity index (χ0) is 30.8. The van der Waals surface area contributed by atoms with Crippen molar-refractivity contribution in [1.82, 2.24) is 10.2 Å². The number of hydrogen-bond acceptors (Lipinski definition) is 4. The van der Waals surface area contributed by atoms with E-state index in [1.165, 1.54) is 17.0 Å². The van der Waals surface area contributed by atoms with Gasteiger partial charge in [0.05, 0.1) is 10.6 Å². The van der Waals surface area contributed by atoms with Crippen LogP contribution < -0.4 is 9.62 Å². The fourth-order valence-electron chi connectivity index (χ4n) is 4.83. The standard InChI is InChI=1S/C35H39N3O4S/c1-4-22-36-35(40)33(24-29-14-8-5-9-15-29)37(25-30-16-10-6-11-17-30)34(39)26-38(31-21-20-27(2)28(3)23-31)43(41,42)32-18-12-7-13-19-32/h5-21,23,33H,4,22,24-26H2,1-3H3,(H,36,40)/t33-/m0/s1. The third-order valence-electron chi connectivity index (χ3n) is 7.40. The Morgan fingerprint density at radius 2 is 1.35 bits per heavy atom. The first-order valence-electron chi connectivity index (χ1n) is 14.5. The topological polar surface area (TPSA) is 86.8 Å². The molecule has 0 aliphatic rings. The van der Waals surface area contributed by atoms with Gasteiger partial charge in [-0.15, -0.1) is 0 Å². The van der Waals surface area contributed by atoms with Gasteiger partial charge >= 0.3 is 0 Å². The van der Waals surface area contributed by atoms with Crippen LogP contribution in [0.2, 0.25) is 0 Å². The number of anilines is 1. The summed E-state index contributed by atoms with van der Waals surface area (Å²) in [6, 6.07) is 31.6. The van der Waals surface area contributed by atoms with Crippen molar-refractivity contribution in [2.45, 2.75) is 51.1 Å². The molecule has 0 heterocycles. The molecule has 0 unspecified atom stereocenters. The van der Waals surface area contributed by atoms with E-state index in [-0.39, 0.29) is 23.8 Å². The Hall–Kier alpha value is -4.43. The Bertz CT molecular complexity index is 1610. The minimum atomic E-state index is -4.12. The monoisotopic (exact) mass is 597 g/mol. The largest absolute Gasteiger partial charge is 0.354 e. The normalized spacial score (nSPS) is 11.9. The van der Waals surface area contributed by atoms with Crippen LogP contribution in [0.3, 0.4) is 0 Å². The zero-order valence-corrected chi connectivity index (χ0v) is 25.8. The number of benzene rings is 4. The first-order chi connectivity index (χ1) is 20.7. The minimum Gasteiger partial charge on any atom is -0.354 e. The maximum absolute atomic E-state index is 14.4. The smallest absolute Gasteiger partial charge is 0.264 e. The Labute approximate surface area is 255 Å². The van der Waals surface area contributed by atoms with Gasteiger partial charge in [0.15, 0.2) is 0 Å². The summed E-state index contributed by atoms with van der Waals surface area (Å²) in [5, 5.41) is 2.96. The van der Waals surface area contributed by atoms with Crippen LogP contribution in [0.5, 0.6) is 0 Å². The van der Waals surface area contributed by atoms with Gasteiger partial charge in [-0.05, 0) is 66.8 Å². The molecular weight excluding hydrogens is 558 g/mol. The second kappa shape index (κ2) is 14.6. The molecular formula is C35H39N3O4S. The van der Waals surface area contributed by atoms with Crippen molar-refractivity contribution in [3.63, 3.8) is 0 Å². The van der Waals surface area contributed by atoms with Gasteiger partial charge in [-0.3, -0.25) is 13.9 Å². The predicted molar refractivity (Wildman–Crippen MR) is 171 cm³/mol. The number of nitrogens with zero attached hydrogens (tertiary/aromatic N) is 2. The van der Waals surface area contributed by atoms with E-state index in [2.05, 4.69) is 5.32 Å². The highest BCUT2D eigenvalue weighted by Gasteiger charge is 2.34. The number of nitrogens with one attached hydrogen (secondary N) is 1. The second-order valence-corrected chi connectivity index (χ2v) is 12.5. The van der Waals surface area contributed by atoms with Gasteiger partial charge in [-0.2, -0.15) is 0 Å². The molecule has 8 heteroatoms. The molecule has 7 nitrogen and oxygen atoms in total. The van der Waals surface area contributed by atoms with Crippen molar-refractivity contribution in [2.24, 2.45) is 0 Å². The third kappa shape index (κ3) is 8.11. The summed E-state index contributed by atoms with van der Waals surface area (Å²) in [5.74, 6) is -0.757. The number of hydrogen-bond donors (Lipinski definition) is 1. The molecule has 4 aromatic rings. The number of sulfonamides is 1. The Kier molecular flexibility index (Phi) is 10.7. The molecule has 4 aromatic carbocycles. The Morgan fingerprint density at radius 3 is 1.93 bits per heavy atom. The SMILES string of the molecule is CCCNC(=O)[C@H](Cc1ccccc1)N(Cc1ccccc1)C(=O)CN(c1ccc(C)c(C)c1)S(=O)(=O)c1ccccc1. The van der Waals surface area contributed by atoms with Crippen LogP contribution in [0.15, 0.2) is 114 Å². The van der Waals surface area contributed by atoms with Crippen molar-refractivity contribution in [1.29, 1.82) is 0 Å². The fourth-order valence-corrected chi connectivity index (χ4v) is 6.26. The zero-order valence-electron chi connectivity index (χ0n) is 24.9. The van der Waals surface area contributed by atoms with Crippen LogP contribution in [0.4, 0.5) is 5.69 Å². The molecule has 224 valence electrons. The average Bonchev–Trinajstić information content (AvgIpc) is 3.03. The van der Waals surface area contributed by atoms with Gasteiger partial charge in [0, 0.05) is 19.5 Å². The average molecular weight is 598 g/mol. The fraction of sp³-hybridized carbons (Fsp3) is 0.257. The van der Waals surface area contributed by atoms with Crippen LogP contribution in [-0.2, 0) is 32.6 Å². The maximum atomic E-state index is 14.4. The van der Waals surface area contributed by atoms with E-state index >= 15 is 0 Å². The first-order valence-corrected chi connectivity index (χ1v) is 15.9. The summed E-state index contributed by atoms with van der Waals surface area (Å²) in [7, 11) is -4.12. The van der Waals surface area contributed by atoms with Crippen LogP contribution in [0.25, 0.3) is 0 Å². The minimum absolute atomic E-state index is 0.0807. The lowest BCUT2D eigenvalue weighted by Crippen LogP contribution is -2.53. The molecule has 0 radical (unpaired) electrons. The molecule has 4 rings (SSSR count). The van der Waals surface area contributed by atoms with Crippen molar-refractivity contribution in [3.8, 4) is 0 Å². The summed E-state index contributed by atoms with van der Waals surface area (Å²) >= 11 is 0. The highest BCUT2D eigenvalue weighted by molar-refractivity contribution is 7.92. The molecule has 2 amide bonds. The Balaban J connectivity index is 1.79. The molecule has 0 spiro atoms. The predicted octanol–water partition coefficient (Wildman–Crippen LogP) is 5.67. The van der Waals surface area contributed by atoms with E-state index in [9.17, 15) is 18.0 Å². The van der Waals surface area contributed by atoms with Crippen LogP contribution in [-0.4, -0.2) is 44.3 Å². The molecule has 0 saturated carbocycles. The molecule has 0 aromatic heterocycles. The van der Waals surface area contributed by atoms with Crippen LogP contribution in [0, 0.1) is 13.8 Å². The molecule has 0 aliphatic carbocycles. The lowest BCUT2D eigenvalue weighted by Gasteiger charge is -2.34. The van der Waals surface area contributed by atoms with Crippen LogP contribution in [0.1, 0.15) is 35.6 Å².